The van der Waals surface area contributed by atoms with Crippen molar-refractivity contribution < 1.29 is 4.79 Å². The summed E-state index contributed by atoms with van der Waals surface area (Å²) in [7, 11) is 0. The highest BCUT2D eigenvalue weighted by atomic mass is 32.1. The molecule has 3 heterocycles. The molecule has 4 rings (SSSR count). The van der Waals surface area contributed by atoms with Crippen LogP contribution < -0.4 is 11.2 Å². The van der Waals surface area contributed by atoms with Gasteiger partial charge in [-0.25, -0.2) is 9.78 Å². The van der Waals surface area contributed by atoms with Crippen LogP contribution in [0.2, 0.25) is 0 Å². The van der Waals surface area contributed by atoms with Gasteiger partial charge < -0.3 is 4.90 Å². The van der Waals surface area contributed by atoms with Gasteiger partial charge in [0.15, 0.2) is 0 Å². The Kier molecular flexibility index (Phi) is 7.13. The summed E-state index contributed by atoms with van der Waals surface area (Å²) >= 11 is 1.69. The Bertz CT molecular complexity index is 1250. The molecule has 2 aromatic heterocycles. The van der Waals surface area contributed by atoms with Gasteiger partial charge in [0.2, 0.25) is 5.91 Å². The van der Waals surface area contributed by atoms with Crippen LogP contribution in [0.25, 0.3) is 0 Å². The van der Waals surface area contributed by atoms with Crippen LogP contribution >= 0.6 is 11.3 Å². The van der Waals surface area contributed by atoms with Crippen LogP contribution in [0.3, 0.4) is 0 Å². The van der Waals surface area contributed by atoms with E-state index in [4.69, 9.17) is 4.98 Å². The van der Waals surface area contributed by atoms with Gasteiger partial charge in [-0.15, -0.1) is 11.3 Å². The second-order valence-electron chi connectivity index (χ2n) is 9.69. The van der Waals surface area contributed by atoms with Gasteiger partial charge in [0.05, 0.1) is 17.2 Å². The van der Waals surface area contributed by atoms with E-state index in [1.165, 1.54) is 16.8 Å². The number of amides is 1. The summed E-state index contributed by atoms with van der Waals surface area (Å²) in [4.78, 5) is 46.9. The van der Waals surface area contributed by atoms with Gasteiger partial charge in [0.25, 0.3) is 5.56 Å². The SMILES string of the molecule is CC(C)(C)c1nc(CN2CCN(C(=O)Cn3c(=O)ccn(Cc4ccccc4)c3=O)CC2)cs1. The van der Waals surface area contributed by atoms with E-state index in [0.29, 0.717) is 19.6 Å². The second-order valence-corrected chi connectivity index (χ2v) is 10.5. The number of benzene rings is 1. The van der Waals surface area contributed by atoms with Crippen molar-refractivity contribution in [1.29, 1.82) is 0 Å². The van der Waals surface area contributed by atoms with Crippen LogP contribution in [-0.4, -0.2) is 56.0 Å². The van der Waals surface area contributed by atoms with Gasteiger partial charge in [-0.1, -0.05) is 51.1 Å². The fourth-order valence-corrected chi connectivity index (χ4v) is 4.85. The van der Waals surface area contributed by atoms with Gasteiger partial charge in [0.1, 0.15) is 6.54 Å². The van der Waals surface area contributed by atoms with E-state index in [2.05, 4.69) is 31.1 Å². The summed E-state index contributed by atoms with van der Waals surface area (Å²) in [6.45, 7) is 9.94. The minimum absolute atomic E-state index is 0.0449. The normalized spacial score (nSPS) is 15.0. The van der Waals surface area contributed by atoms with E-state index in [0.717, 1.165) is 40.5 Å². The van der Waals surface area contributed by atoms with Gasteiger partial charge in [-0.05, 0) is 5.56 Å². The molecule has 8 nitrogen and oxygen atoms in total. The molecule has 9 heteroatoms. The number of aromatic nitrogens is 3. The number of hydrogen-bond acceptors (Lipinski definition) is 6. The standard InChI is InChI=1S/C25H31N5O3S/c1-25(2,3)23-26-20(18-34-23)16-27-11-13-28(14-12-27)22(32)17-30-21(31)9-10-29(24(30)33)15-19-7-5-4-6-8-19/h4-10,18H,11-17H2,1-3H3. The Morgan fingerprint density at radius 1 is 1.00 bits per heavy atom. The van der Waals surface area contributed by atoms with Crippen LogP contribution in [0.4, 0.5) is 0 Å². The molecular formula is C25H31N5O3S. The fraction of sp³-hybridized carbons (Fsp3) is 0.440. The van der Waals surface area contributed by atoms with Crippen molar-refractivity contribution in [3.05, 3.63) is 85.1 Å². The monoisotopic (exact) mass is 481 g/mol. The summed E-state index contributed by atoms with van der Waals surface area (Å²) in [6, 6.07) is 10.9. The summed E-state index contributed by atoms with van der Waals surface area (Å²) in [5, 5.41) is 3.24. The smallest absolute Gasteiger partial charge is 0.331 e. The van der Waals surface area contributed by atoms with Crippen LogP contribution in [0.15, 0.2) is 57.6 Å². The summed E-state index contributed by atoms with van der Waals surface area (Å²) < 4.78 is 2.49. The van der Waals surface area contributed by atoms with E-state index in [1.807, 2.05) is 30.3 Å². The van der Waals surface area contributed by atoms with Crippen LogP contribution in [-0.2, 0) is 29.8 Å². The Balaban J connectivity index is 1.36. The molecule has 1 aliphatic rings. The predicted molar refractivity (Wildman–Crippen MR) is 133 cm³/mol. The highest BCUT2D eigenvalue weighted by Gasteiger charge is 2.24. The fourth-order valence-electron chi connectivity index (χ4n) is 3.95. The highest BCUT2D eigenvalue weighted by molar-refractivity contribution is 7.09. The Hall–Kier alpha value is -3.04. The van der Waals surface area contributed by atoms with Gasteiger partial charge in [-0.3, -0.25) is 23.6 Å². The average molecular weight is 482 g/mol. The highest BCUT2D eigenvalue weighted by Crippen LogP contribution is 2.26. The molecule has 0 spiro atoms. The Labute approximate surface area is 203 Å². The van der Waals surface area contributed by atoms with E-state index in [1.54, 1.807) is 16.2 Å². The molecule has 0 N–H and O–H groups in total. The van der Waals surface area contributed by atoms with Crippen molar-refractivity contribution in [2.45, 2.75) is 45.8 Å². The molecular weight excluding hydrogens is 450 g/mol. The molecule has 0 atom stereocenters. The number of rotatable bonds is 6. The number of carbonyl (C=O) groups is 1. The third kappa shape index (κ3) is 5.71. The Morgan fingerprint density at radius 2 is 1.71 bits per heavy atom. The molecule has 0 radical (unpaired) electrons. The van der Waals surface area contributed by atoms with Crippen molar-refractivity contribution in [2.24, 2.45) is 0 Å². The lowest BCUT2D eigenvalue weighted by atomic mass is 9.98. The molecule has 0 unspecified atom stereocenters. The minimum atomic E-state index is -0.471. The molecule has 0 aliphatic carbocycles. The van der Waals surface area contributed by atoms with E-state index >= 15 is 0 Å². The summed E-state index contributed by atoms with van der Waals surface area (Å²) in [5.41, 5.74) is 1.13. The largest absolute Gasteiger partial charge is 0.339 e. The van der Waals surface area contributed by atoms with Crippen molar-refractivity contribution in [2.75, 3.05) is 26.2 Å². The molecule has 3 aromatic rings. The third-order valence-corrected chi connectivity index (χ3v) is 7.25. The molecule has 34 heavy (non-hydrogen) atoms. The zero-order chi connectivity index (χ0) is 24.3. The van der Waals surface area contributed by atoms with Crippen molar-refractivity contribution in [1.82, 2.24) is 23.9 Å². The maximum Gasteiger partial charge on any atom is 0.331 e. The van der Waals surface area contributed by atoms with Gasteiger partial charge in [0, 0.05) is 55.8 Å². The number of carbonyl (C=O) groups excluding carboxylic acids is 1. The first-order valence-electron chi connectivity index (χ1n) is 11.5. The molecule has 1 aliphatic heterocycles. The average Bonchev–Trinajstić information content (AvgIpc) is 3.29. The molecule has 0 bridgehead atoms. The molecule has 1 saturated heterocycles. The van der Waals surface area contributed by atoms with Gasteiger partial charge in [-0.2, -0.15) is 0 Å². The summed E-state index contributed by atoms with van der Waals surface area (Å²) in [5.74, 6) is -0.208. The van der Waals surface area contributed by atoms with E-state index in [9.17, 15) is 14.4 Å². The van der Waals surface area contributed by atoms with Crippen molar-refractivity contribution in [3.8, 4) is 0 Å². The number of thiazole rings is 1. The number of nitrogens with zero attached hydrogens (tertiary/aromatic N) is 5. The topological polar surface area (TPSA) is 80.4 Å². The zero-order valence-corrected chi connectivity index (χ0v) is 20.8. The molecule has 1 aromatic carbocycles. The maximum absolute atomic E-state index is 12.9. The predicted octanol–water partition coefficient (Wildman–Crippen LogP) is 2.16. The third-order valence-electron chi connectivity index (χ3n) is 5.93. The number of piperazine rings is 1. The first kappa shape index (κ1) is 24.1. The second kappa shape index (κ2) is 10.1. The molecule has 1 fully saturated rings. The molecule has 1 amide bonds. The first-order chi connectivity index (χ1) is 16.2. The minimum Gasteiger partial charge on any atom is -0.339 e. The lowest BCUT2D eigenvalue weighted by molar-refractivity contribution is -0.133. The molecule has 0 saturated carbocycles. The molecule has 180 valence electrons. The number of hydrogen-bond donors (Lipinski definition) is 0. The first-order valence-corrected chi connectivity index (χ1v) is 12.4. The quantitative estimate of drug-likeness (QED) is 0.539. The zero-order valence-electron chi connectivity index (χ0n) is 19.9. The maximum atomic E-state index is 12.9. The van der Waals surface area contributed by atoms with Crippen molar-refractivity contribution in [3.63, 3.8) is 0 Å². The van der Waals surface area contributed by atoms with Crippen LogP contribution in [0, 0.1) is 0 Å². The van der Waals surface area contributed by atoms with Gasteiger partial charge >= 0.3 is 5.69 Å². The van der Waals surface area contributed by atoms with E-state index in [-0.39, 0.29) is 17.9 Å². The lowest BCUT2D eigenvalue weighted by Gasteiger charge is -2.34. The van der Waals surface area contributed by atoms with E-state index < -0.39 is 11.2 Å². The summed E-state index contributed by atoms with van der Waals surface area (Å²) in [6.07, 6.45) is 1.49. The van der Waals surface area contributed by atoms with Crippen LogP contribution in [0.5, 0.6) is 0 Å². The Morgan fingerprint density at radius 3 is 2.35 bits per heavy atom. The van der Waals surface area contributed by atoms with Crippen molar-refractivity contribution >= 4 is 17.2 Å². The van der Waals surface area contributed by atoms with Crippen LogP contribution in [0.1, 0.15) is 37.0 Å². The lowest BCUT2D eigenvalue weighted by Crippen LogP contribution is -2.51.